The van der Waals surface area contributed by atoms with Gasteiger partial charge in [-0.3, -0.25) is 0 Å². The Hall–Kier alpha value is -1.27. The fourth-order valence-corrected chi connectivity index (χ4v) is 1.22. The van der Waals surface area contributed by atoms with E-state index in [9.17, 15) is 0 Å². The van der Waals surface area contributed by atoms with Crippen LogP contribution >= 0.6 is 12.2 Å². The molecule has 0 aliphatic carbocycles. The smallest absolute Gasteiger partial charge is 0.158 e. The number of nitrogens with zero attached hydrogens (tertiary/aromatic N) is 3. The summed E-state index contributed by atoms with van der Waals surface area (Å²) in [6.07, 6.45) is 1.58. The number of anilines is 1. The van der Waals surface area contributed by atoms with Crippen LogP contribution < -0.4 is 11.1 Å². The van der Waals surface area contributed by atoms with Crippen molar-refractivity contribution < 1.29 is 0 Å². The molecule has 1 heterocycles. The molecule has 1 aromatic heterocycles. The summed E-state index contributed by atoms with van der Waals surface area (Å²) < 4.78 is 0. The van der Waals surface area contributed by atoms with Gasteiger partial charge in [-0.05, 0) is 20.2 Å². The summed E-state index contributed by atoms with van der Waals surface area (Å²) in [4.78, 5) is 2.40. The van der Waals surface area contributed by atoms with E-state index in [2.05, 4.69) is 20.4 Å². The molecule has 3 N–H and O–H groups in total. The van der Waals surface area contributed by atoms with E-state index in [1.807, 2.05) is 14.1 Å². The molecule has 0 saturated heterocycles. The Balaban J connectivity index is 2.63. The number of likely N-dealkylation sites (N-methyl/N-ethyl adjacent to an activating group) is 1. The Morgan fingerprint density at radius 1 is 1.60 bits per heavy atom. The van der Waals surface area contributed by atoms with Crippen molar-refractivity contribution in [3.05, 3.63) is 17.8 Å². The summed E-state index contributed by atoms with van der Waals surface area (Å²) in [5, 5.41) is 10.9. The molecule has 0 amide bonds. The number of aromatic nitrogens is 2. The van der Waals surface area contributed by atoms with Gasteiger partial charge in [-0.1, -0.05) is 12.2 Å². The van der Waals surface area contributed by atoms with Crippen LogP contribution in [0.3, 0.4) is 0 Å². The number of hydrogen-bond acceptors (Lipinski definition) is 5. The van der Waals surface area contributed by atoms with Crippen molar-refractivity contribution in [2.24, 2.45) is 5.73 Å². The van der Waals surface area contributed by atoms with Crippen molar-refractivity contribution in [1.82, 2.24) is 15.1 Å². The largest absolute Gasteiger partial charge is 0.389 e. The van der Waals surface area contributed by atoms with Crippen molar-refractivity contribution in [3.8, 4) is 0 Å². The number of rotatable bonds is 5. The van der Waals surface area contributed by atoms with Gasteiger partial charge in [0, 0.05) is 13.1 Å². The van der Waals surface area contributed by atoms with Crippen molar-refractivity contribution in [2.45, 2.75) is 0 Å². The van der Waals surface area contributed by atoms with Crippen LogP contribution in [0.15, 0.2) is 12.3 Å². The number of nitrogens with two attached hydrogens (primary N) is 1. The summed E-state index contributed by atoms with van der Waals surface area (Å²) in [6, 6.07) is 1.76. The van der Waals surface area contributed by atoms with Crippen LogP contribution in [-0.2, 0) is 0 Å². The zero-order valence-electron chi connectivity index (χ0n) is 8.90. The third-order valence-electron chi connectivity index (χ3n) is 1.84. The summed E-state index contributed by atoms with van der Waals surface area (Å²) in [5.41, 5.74) is 6.29. The third kappa shape index (κ3) is 3.77. The van der Waals surface area contributed by atoms with Crippen LogP contribution in [0, 0.1) is 0 Å². The summed E-state index contributed by atoms with van der Waals surface area (Å²) in [6.45, 7) is 1.69. The highest BCUT2D eigenvalue weighted by atomic mass is 32.1. The third-order valence-corrected chi connectivity index (χ3v) is 2.06. The zero-order chi connectivity index (χ0) is 11.3. The number of hydrogen-bond donors (Lipinski definition) is 2. The Morgan fingerprint density at radius 3 is 2.93 bits per heavy atom. The first-order valence-electron chi connectivity index (χ1n) is 4.61. The second kappa shape index (κ2) is 5.57. The molecule has 0 bridgehead atoms. The van der Waals surface area contributed by atoms with Gasteiger partial charge < -0.3 is 16.0 Å². The predicted octanol–water partition coefficient (Wildman–Crippen LogP) is 0.0843. The molecule has 0 saturated carbocycles. The van der Waals surface area contributed by atoms with E-state index in [4.69, 9.17) is 18.0 Å². The van der Waals surface area contributed by atoms with E-state index in [1.54, 1.807) is 12.3 Å². The maximum absolute atomic E-state index is 5.56. The molecular formula is C9H15N5S. The molecule has 0 aliphatic heterocycles. The minimum atomic E-state index is 0.331. The number of nitrogens with one attached hydrogen (secondary N) is 1. The highest BCUT2D eigenvalue weighted by molar-refractivity contribution is 7.80. The van der Waals surface area contributed by atoms with Crippen LogP contribution in [-0.4, -0.2) is 47.3 Å². The van der Waals surface area contributed by atoms with Gasteiger partial charge >= 0.3 is 0 Å². The van der Waals surface area contributed by atoms with Gasteiger partial charge in [-0.25, -0.2) is 0 Å². The molecule has 82 valence electrons. The first-order valence-corrected chi connectivity index (χ1v) is 5.02. The van der Waals surface area contributed by atoms with Gasteiger partial charge in [0.2, 0.25) is 0 Å². The Kier molecular flexibility index (Phi) is 4.38. The lowest BCUT2D eigenvalue weighted by molar-refractivity contribution is 0.425. The van der Waals surface area contributed by atoms with Crippen LogP contribution in [0.25, 0.3) is 0 Å². The minimum Gasteiger partial charge on any atom is -0.389 e. The molecule has 0 spiro atoms. The monoisotopic (exact) mass is 225 g/mol. The van der Waals surface area contributed by atoms with E-state index in [0.717, 1.165) is 18.7 Å². The lowest BCUT2D eigenvalue weighted by Crippen LogP contribution is -2.23. The topological polar surface area (TPSA) is 67.1 Å². The molecule has 0 fully saturated rings. The van der Waals surface area contributed by atoms with E-state index >= 15 is 0 Å². The van der Waals surface area contributed by atoms with Crippen LogP contribution in [0.1, 0.15) is 5.56 Å². The second-order valence-corrected chi connectivity index (χ2v) is 3.83. The Labute approximate surface area is 94.7 Å². The molecule has 0 aliphatic rings. The van der Waals surface area contributed by atoms with E-state index in [-0.39, 0.29) is 0 Å². The maximum Gasteiger partial charge on any atom is 0.158 e. The fourth-order valence-electron chi connectivity index (χ4n) is 1.06. The van der Waals surface area contributed by atoms with E-state index in [0.29, 0.717) is 10.8 Å². The van der Waals surface area contributed by atoms with Crippen molar-refractivity contribution in [2.75, 3.05) is 32.5 Å². The molecule has 5 nitrogen and oxygen atoms in total. The molecule has 1 rings (SSSR count). The average molecular weight is 225 g/mol. The van der Waals surface area contributed by atoms with Crippen LogP contribution in [0.4, 0.5) is 5.82 Å². The Morgan fingerprint density at radius 2 is 2.33 bits per heavy atom. The lowest BCUT2D eigenvalue weighted by Gasteiger charge is -2.12. The Bertz CT molecular complexity index is 339. The number of thiocarbonyl (C=S) groups is 1. The minimum absolute atomic E-state index is 0.331. The first-order chi connectivity index (χ1) is 7.11. The van der Waals surface area contributed by atoms with Crippen molar-refractivity contribution in [1.29, 1.82) is 0 Å². The molecule has 0 radical (unpaired) electrons. The quantitative estimate of drug-likeness (QED) is 0.692. The maximum atomic E-state index is 5.56. The standard InChI is InChI=1S/C9H15N5S/c1-14(2)6-5-11-9-7(8(10)15)3-4-12-13-9/h3-4H,5-6H2,1-2H3,(H2,10,15)(H,11,13). The first kappa shape index (κ1) is 11.8. The SMILES string of the molecule is CN(C)CCNc1nnccc1C(N)=S. The predicted molar refractivity (Wildman–Crippen MR) is 65.0 cm³/mol. The highest BCUT2D eigenvalue weighted by Crippen LogP contribution is 2.08. The van der Waals surface area contributed by atoms with Gasteiger partial charge in [-0.15, -0.1) is 5.10 Å². The summed E-state index contributed by atoms with van der Waals surface area (Å²) in [5.74, 6) is 0.645. The summed E-state index contributed by atoms with van der Waals surface area (Å²) in [7, 11) is 4.01. The molecule has 0 aromatic carbocycles. The fraction of sp³-hybridized carbons (Fsp3) is 0.444. The van der Waals surface area contributed by atoms with Crippen LogP contribution in [0.5, 0.6) is 0 Å². The van der Waals surface area contributed by atoms with E-state index < -0.39 is 0 Å². The lowest BCUT2D eigenvalue weighted by atomic mass is 10.3. The molecular weight excluding hydrogens is 210 g/mol. The van der Waals surface area contributed by atoms with E-state index in [1.165, 1.54) is 0 Å². The molecule has 0 unspecified atom stereocenters. The van der Waals surface area contributed by atoms with Gasteiger partial charge in [0.05, 0.1) is 11.8 Å². The highest BCUT2D eigenvalue weighted by Gasteiger charge is 2.05. The molecule has 1 aromatic rings. The van der Waals surface area contributed by atoms with Gasteiger partial charge in [0.15, 0.2) is 5.82 Å². The molecule has 6 heteroatoms. The van der Waals surface area contributed by atoms with Crippen LogP contribution in [0.2, 0.25) is 0 Å². The summed E-state index contributed by atoms with van der Waals surface area (Å²) >= 11 is 4.91. The van der Waals surface area contributed by atoms with Gasteiger partial charge in [0.25, 0.3) is 0 Å². The normalized spacial score (nSPS) is 10.3. The van der Waals surface area contributed by atoms with Crippen molar-refractivity contribution >= 4 is 23.0 Å². The van der Waals surface area contributed by atoms with Gasteiger partial charge in [0.1, 0.15) is 4.99 Å². The molecule has 15 heavy (non-hydrogen) atoms. The van der Waals surface area contributed by atoms with Crippen molar-refractivity contribution in [3.63, 3.8) is 0 Å². The average Bonchev–Trinajstić information content (AvgIpc) is 2.17. The van der Waals surface area contributed by atoms with Gasteiger partial charge in [-0.2, -0.15) is 5.10 Å². The molecule has 0 atom stereocenters. The second-order valence-electron chi connectivity index (χ2n) is 3.39. The zero-order valence-corrected chi connectivity index (χ0v) is 9.71.